The minimum absolute atomic E-state index is 0.306. The van der Waals surface area contributed by atoms with E-state index in [4.69, 9.17) is 9.47 Å². The Labute approximate surface area is 57.2 Å². The maximum absolute atomic E-state index is 5.04. The van der Waals surface area contributed by atoms with Crippen LogP contribution in [0.15, 0.2) is 0 Å². The molecule has 0 bridgehead atoms. The lowest BCUT2D eigenvalue weighted by Gasteiger charge is -2.13. The van der Waals surface area contributed by atoms with Crippen LogP contribution < -0.4 is 0 Å². The van der Waals surface area contributed by atoms with Crippen LogP contribution in [0, 0.1) is 0 Å². The third kappa shape index (κ3) is 4.43. The lowest BCUT2D eigenvalue weighted by molar-refractivity contribution is 0.0397. The molecule has 0 spiro atoms. The van der Waals surface area contributed by atoms with Gasteiger partial charge in [-0.3, -0.25) is 0 Å². The molecule has 56 valence electrons. The molecule has 0 aromatic carbocycles. The van der Waals surface area contributed by atoms with Gasteiger partial charge in [0.2, 0.25) is 0 Å². The van der Waals surface area contributed by atoms with Gasteiger partial charge in [-0.05, 0) is 20.3 Å². The Kier molecular flexibility index (Phi) is 4.72. The summed E-state index contributed by atoms with van der Waals surface area (Å²) in [5.74, 6) is 0. The van der Waals surface area contributed by atoms with Crippen molar-refractivity contribution in [2.75, 3.05) is 14.2 Å². The largest absolute Gasteiger partial charge is 0.382 e. The first-order valence-electron chi connectivity index (χ1n) is 3.26. The molecule has 0 saturated carbocycles. The Morgan fingerprint density at radius 2 is 1.33 bits per heavy atom. The monoisotopic (exact) mass is 132 g/mol. The fraction of sp³-hybridized carbons (Fsp3) is 1.00. The third-order valence-corrected chi connectivity index (χ3v) is 1.47. The Hall–Kier alpha value is -0.0800. The van der Waals surface area contributed by atoms with Gasteiger partial charge in [-0.1, -0.05) is 0 Å². The van der Waals surface area contributed by atoms with Crippen LogP contribution in [0.4, 0.5) is 0 Å². The van der Waals surface area contributed by atoms with Gasteiger partial charge in [-0.25, -0.2) is 0 Å². The van der Waals surface area contributed by atoms with Gasteiger partial charge in [-0.2, -0.15) is 0 Å². The van der Waals surface area contributed by atoms with Crippen molar-refractivity contribution in [1.82, 2.24) is 0 Å². The van der Waals surface area contributed by atoms with Gasteiger partial charge in [0.25, 0.3) is 0 Å². The van der Waals surface area contributed by atoms with Crippen LogP contribution in [0.25, 0.3) is 0 Å². The minimum atomic E-state index is 0.306. The Balaban J connectivity index is 3.22. The van der Waals surface area contributed by atoms with E-state index < -0.39 is 0 Å². The van der Waals surface area contributed by atoms with Crippen molar-refractivity contribution in [2.24, 2.45) is 0 Å². The maximum Gasteiger partial charge on any atom is 0.0567 e. The molecule has 0 fully saturated rings. The molecular formula is C7H16O2. The molecule has 0 aliphatic carbocycles. The number of ether oxygens (including phenoxy) is 2. The minimum Gasteiger partial charge on any atom is -0.382 e. The molecule has 0 heterocycles. The number of hydrogen-bond acceptors (Lipinski definition) is 2. The number of methoxy groups -OCH3 is 2. The molecule has 0 N–H and O–H groups in total. The van der Waals surface area contributed by atoms with Crippen LogP contribution in [0.3, 0.4) is 0 Å². The SMILES string of the molecule is CO[C@H](C)C[C@@H](C)OC. The van der Waals surface area contributed by atoms with Crippen molar-refractivity contribution >= 4 is 0 Å². The summed E-state index contributed by atoms with van der Waals surface area (Å²) in [7, 11) is 3.43. The second kappa shape index (κ2) is 4.77. The van der Waals surface area contributed by atoms with E-state index >= 15 is 0 Å². The van der Waals surface area contributed by atoms with Crippen molar-refractivity contribution in [1.29, 1.82) is 0 Å². The van der Waals surface area contributed by atoms with E-state index in [1.807, 2.05) is 13.8 Å². The van der Waals surface area contributed by atoms with Crippen molar-refractivity contribution in [2.45, 2.75) is 32.5 Å². The summed E-state index contributed by atoms with van der Waals surface area (Å²) in [6, 6.07) is 0. The quantitative estimate of drug-likeness (QED) is 0.576. The van der Waals surface area contributed by atoms with Crippen LogP contribution in [0.1, 0.15) is 20.3 Å². The van der Waals surface area contributed by atoms with E-state index in [1.54, 1.807) is 14.2 Å². The van der Waals surface area contributed by atoms with Gasteiger partial charge in [0, 0.05) is 14.2 Å². The van der Waals surface area contributed by atoms with E-state index in [0.717, 1.165) is 6.42 Å². The molecule has 0 unspecified atom stereocenters. The van der Waals surface area contributed by atoms with E-state index in [9.17, 15) is 0 Å². The zero-order valence-corrected chi connectivity index (χ0v) is 6.68. The van der Waals surface area contributed by atoms with E-state index in [1.165, 1.54) is 0 Å². The molecule has 0 aromatic heterocycles. The molecule has 0 amide bonds. The molecule has 2 atom stereocenters. The van der Waals surface area contributed by atoms with Crippen molar-refractivity contribution in [3.8, 4) is 0 Å². The number of hydrogen-bond donors (Lipinski definition) is 0. The lowest BCUT2D eigenvalue weighted by Crippen LogP contribution is -2.15. The highest BCUT2D eigenvalue weighted by Crippen LogP contribution is 2.02. The molecule has 9 heavy (non-hydrogen) atoms. The molecule has 0 aliphatic rings. The highest BCUT2D eigenvalue weighted by Gasteiger charge is 2.04. The highest BCUT2D eigenvalue weighted by atomic mass is 16.5. The topological polar surface area (TPSA) is 18.5 Å². The van der Waals surface area contributed by atoms with Crippen molar-refractivity contribution < 1.29 is 9.47 Å². The Bertz CT molecular complexity index is 55.9. The second-order valence-corrected chi connectivity index (χ2v) is 2.33. The van der Waals surface area contributed by atoms with Crippen molar-refractivity contribution in [3.05, 3.63) is 0 Å². The summed E-state index contributed by atoms with van der Waals surface area (Å²) < 4.78 is 10.1. The normalized spacial score (nSPS) is 17.3. The lowest BCUT2D eigenvalue weighted by atomic mass is 10.2. The zero-order chi connectivity index (χ0) is 7.28. The van der Waals surface area contributed by atoms with Crippen LogP contribution in [-0.4, -0.2) is 26.4 Å². The summed E-state index contributed by atoms with van der Waals surface area (Å²) in [6.07, 6.45) is 1.58. The van der Waals surface area contributed by atoms with Crippen LogP contribution >= 0.6 is 0 Å². The summed E-state index contributed by atoms with van der Waals surface area (Å²) >= 11 is 0. The predicted octanol–water partition coefficient (Wildman–Crippen LogP) is 1.45. The summed E-state index contributed by atoms with van der Waals surface area (Å²) in [6.45, 7) is 4.07. The first-order valence-corrected chi connectivity index (χ1v) is 3.26. The average Bonchev–Trinajstić information content (AvgIpc) is 1.87. The van der Waals surface area contributed by atoms with Gasteiger partial charge in [0.05, 0.1) is 12.2 Å². The van der Waals surface area contributed by atoms with Gasteiger partial charge in [0.1, 0.15) is 0 Å². The molecule has 2 heteroatoms. The molecule has 2 nitrogen and oxygen atoms in total. The maximum atomic E-state index is 5.04. The van der Waals surface area contributed by atoms with Crippen LogP contribution in [0.2, 0.25) is 0 Å². The Morgan fingerprint density at radius 3 is 1.56 bits per heavy atom. The molecule has 0 radical (unpaired) electrons. The van der Waals surface area contributed by atoms with Gasteiger partial charge < -0.3 is 9.47 Å². The molecule has 0 aromatic rings. The molecule has 0 aliphatic heterocycles. The van der Waals surface area contributed by atoms with Gasteiger partial charge >= 0.3 is 0 Å². The summed E-state index contributed by atoms with van der Waals surface area (Å²) in [5.41, 5.74) is 0. The predicted molar refractivity (Wildman–Crippen MR) is 37.6 cm³/mol. The standard InChI is InChI=1S/C7H16O2/c1-6(8-3)5-7(2)9-4/h6-7H,5H2,1-4H3/t6-,7-/m1/s1. The first kappa shape index (κ1) is 8.92. The first-order chi connectivity index (χ1) is 4.20. The third-order valence-electron chi connectivity index (χ3n) is 1.47. The summed E-state index contributed by atoms with van der Waals surface area (Å²) in [4.78, 5) is 0. The van der Waals surface area contributed by atoms with Gasteiger partial charge in [-0.15, -0.1) is 0 Å². The average molecular weight is 132 g/mol. The fourth-order valence-electron chi connectivity index (χ4n) is 0.660. The molecule has 0 saturated heterocycles. The Morgan fingerprint density at radius 1 is 1.00 bits per heavy atom. The highest BCUT2D eigenvalue weighted by molar-refractivity contribution is 4.55. The van der Waals surface area contributed by atoms with Gasteiger partial charge in [0.15, 0.2) is 0 Å². The van der Waals surface area contributed by atoms with E-state index in [2.05, 4.69) is 0 Å². The summed E-state index contributed by atoms with van der Waals surface area (Å²) in [5, 5.41) is 0. The zero-order valence-electron chi connectivity index (χ0n) is 6.68. The number of rotatable bonds is 4. The smallest absolute Gasteiger partial charge is 0.0567 e. The molecule has 0 rings (SSSR count). The van der Waals surface area contributed by atoms with Crippen LogP contribution in [-0.2, 0) is 9.47 Å². The fourth-order valence-corrected chi connectivity index (χ4v) is 0.660. The van der Waals surface area contributed by atoms with Crippen LogP contribution in [0.5, 0.6) is 0 Å². The van der Waals surface area contributed by atoms with E-state index in [-0.39, 0.29) is 0 Å². The second-order valence-electron chi connectivity index (χ2n) is 2.33. The van der Waals surface area contributed by atoms with Crippen molar-refractivity contribution in [3.63, 3.8) is 0 Å². The van der Waals surface area contributed by atoms with E-state index in [0.29, 0.717) is 12.2 Å². The molecular weight excluding hydrogens is 116 g/mol.